The number of carboxylic acid groups (broad SMARTS) is 1. The maximum absolute atomic E-state index is 12.6. The number of aryl methyl sites for hydroxylation is 1. The van der Waals surface area contributed by atoms with Gasteiger partial charge in [-0.25, -0.2) is 13.2 Å². The molecule has 1 N–H and O–H groups in total. The number of likely N-dealkylation sites (N-methyl/N-ethyl adjacent to an activating group) is 1. The summed E-state index contributed by atoms with van der Waals surface area (Å²) in [5.41, 5.74) is 0.353. The molecule has 7 nitrogen and oxygen atoms in total. The zero-order valence-corrected chi connectivity index (χ0v) is 12.6. The first-order chi connectivity index (χ1) is 9.73. The number of hydrogen-bond acceptors (Lipinski definition) is 4. The molecule has 1 aliphatic heterocycles. The highest BCUT2D eigenvalue weighted by Crippen LogP contribution is 2.22. The molecule has 0 aliphatic carbocycles. The summed E-state index contributed by atoms with van der Waals surface area (Å²) in [5, 5.41) is 8.98. The molecular weight excluding hydrogens is 296 g/mol. The van der Waals surface area contributed by atoms with E-state index in [-0.39, 0.29) is 29.5 Å². The minimum atomic E-state index is -3.88. The van der Waals surface area contributed by atoms with E-state index in [0.29, 0.717) is 12.1 Å². The van der Waals surface area contributed by atoms with Gasteiger partial charge in [-0.3, -0.25) is 4.79 Å². The monoisotopic (exact) mass is 312 g/mol. The standard InChI is InChI=1S/C13H16N2O5S/c1-9-3-4-10(13(17)18)7-11(9)21(19,20)15-6-5-14(2)12(16)8-15/h3-4,7H,5-6,8H2,1-2H3,(H,17,18). The molecule has 1 heterocycles. The van der Waals surface area contributed by atoms with Crippen molar-refractivity contribution in [2.45, 2.75) is 11.8 Å². The summed E-state index contributed by atoms with van der Waals surface area (Å²) in [6, 6.07) is 3.94. The van der Waals surface area contributed by atoms with E-state index in [0.717, 1.165) is 10.4 Å². The fourth-order valence-electron chi connectivity index (χ4n) is 2.09. The van der Waals surface area contributed by atoms with Crippen LogP contribution in [0.5, 0.6) is 0 Å². The average Bonchev–Trinajstić information content (AvgIpc) is 2.41. The minimum absolute atomic E-state index is 0.0697. The first kappa shape index (κ1) is 15.5. The largest absolute Gasteiger partial charge is 0.478 e. The lowest BCUT2D eigenvalue weighted by Crippen LogP contribution is -2.50. The number of amides is 1. The van der Waals surface area contributed by atoms with Crippen molar-refractivity contribution < 1.29 is 23.1 Å². The Labute approximate surface area is 122 Å². The van der Waals surface area contributed by atoms with Crippen LogP contribution in [-0.2, 0) is 14.8 Å². The van der Waals surface area contributed by atoms with Crippen LogP contribution in [0.4, 0.5) is 0 Å². The van der Waals surface area contributed by atoms with Crippen molar-refractivity contribution >= 4 is 21.9 Å². The Morgan fingerprint density at radius 2 is 1.95 bits per heavy atom. The zero-order valence-electron chi connectivity index (χ0n) is 11.7. The fourth-order valence-corrected chi connectivity index (χ4v) is 3.72. The summed E-state index contributed by atoms with van der Waals surface area (Å²) >= 11 is 0. The normalized spacial score (nSPS) is 17.0. The van der Waals surface area contributed by atoms with Crippen LogP contribution < -0.4 is 0 Å². The quantitative estimate of drug-likeness (QED) is 0.857. The molecule has 0 aromatic heterocycles. The number of sulfonamides is 1. The van der Waals surface area contributed by atoms with Crippen LogP contribution >= 0.6 is 0 Å². The topological polar surface area (TPSA) is 95.0 Å². The smallest absolute Gasteiger partial charge is 0.335 e. The van der Waals surface area contributed by atoms with Gasteiger partial charge in [0.2, 0.25) is 15.9 Å². The molecule has 21 heavy (non-hydrogen) atoms. The molecule has 114 valence electrons. The van der Waals surface area contributed by atoms with Gasteiger partial charge in [-0.15, -0.1) is 0 Å². The fraction of sp³-hybridized carbons (Fsp3) is 0.385. The predicted molar refractivity (Wildman–Crippen MR) is 74.5 cm³/mol. The van der Waals surface area contributed by atoms with Gasteiger partial charge in [-0.05, 0) is 24.6 Å². The molecule has 0 atom stereocenters. The van der Waals surface area contributed by atoms with Crippen LogP contribution in [0.2, 0.25) is 0 Å². The van der Waals surface area contributed by atoms with Crippen molar-refractivity contribution in [1.29, 1.82) is 0 Å². The third kappa shape index (κ3) is 2.91. The van der Waals surface area contributed by atoms with E-state index in [9.17, 15) is 18.0 Å². The molecule has 1 aromatic carbocycles. The Morgan fingerprint density at radius 3 is 2.52 bits per heavy atom. The number of carbonyl (C=O) groups excluding carboxylic acids is 1. The molecule has 1 aromatic rings. The number of carbonyl (C=O) groups is 2. The van der Waals surface area contributed by atoms with Crippen molar-refractivity contribution in [2.75, 3.05) is 26.7 Å². The van der Waals surface area contributed by atoms with Gasteiger partial charge in [-0.2, -0.15) is 4.31 Å². The first-order valence-electron chi connectivity index (χ1n) is 6.31. The molecule has 0 saturated carbocycles. The van der Waals surface area contributed by atoms with Gasteiger partial charge in [0.15, 0.2) is 0 Å². The van der Waals surface area contributed by atoms with Crippen molar-refractivity contribution in [3.8, 4) is 0 Å². The van der Waals surface area contributed by atoms with E-state index in [1.165, 1.54) is 17.0 Å². The summed E-state index contributed by atoms with van der Waals surface area (Å²) in [6.07, 6.45) is 0. The van der Waals surface area contributed by atoms with Crippen LogP contribution in [0.25, 0.3) is 0 Å². The van der Waals surface area contributed by atoms with E-state index < -0.39 is 16.0 Å². The van der Waals surface area contributed by atoms with Crippen LogP contribution in [0.15, 0.2) is 23.1 Å². The van der Waals surface area contributed by atoms with E-state index >= 15 is 0 Å². The molecule has 2 rings (SSSR count). The van der Waals surface area contributed by atoms with Gasteiger partial charge in [0.25, 0.3) is 0 Å². The van der Waals surface area contributed by atoms with E-state index in [1.807, 2.05) is 0 Å². The minimum Gasteiger partial charge on any atom is -0.478 e. The van der Waals surface area contributed by atoms with Crippen LogP contribution in [-0.4, -0.2) is 61.3 Å². The maximum atomic E-state index is 12.6. The van der Waals surface area contributed by atoms with E-state index in [4.69, 9.17) is 5.11 Å². The van der Waals surface area contributed by atoms with Crippen LogP contribution in [0, 0.1) is 6.92 Å². The summed E-state index contributed by atoms with van der Waals surface area (Å²) in [6.45, 7) is 1.88. The zero-order chi connectivity index (χ0) is 15.8. The van der Waals surface area contributed by atoms with Gasteiger partial charge in [-0.1, -0.05) is 6.07 Å². The Hall–Kier alpha value is -1.93. The number of piperazine rings is 1. The number of benzene rings is 1. The molecular formula is C13H16N2O5S. The highest BCUT2D eigenvalue weighted by atomic mass is 32.2. The van der Waals surface area contributed by atoms with Gasteiger partial charge < -0.3 is 10.0 Å². The second kappa shape index (κ2) is 5.45. The molecule has 1 fully saturated rings. The highest BCUT2D eigenvalue weighted by Gasteiger charge is 2.32. The summed E-state index contributed by atoms with van der Waals surface area (Å²) in [7, 11) is -2.27. The number of carboxylic acids is 1. The second-order valence-corrected chi connectivity index (χ2v) is 6.85. The third-order valence-electron chi connectivity index (χ3n) is 3.48. The predicted octanol–water partition coefficient (Wildman–Crippen LogP) is 0.156. The maximum Gasteiger partial charge on any atom is 0.335 e. The molecule has 1 aliphatic rings. The molecule has 0 spiro atoms. The third-order valence-corrected chi connectivity index (χ3v) is 5.46. The average molecular weight is 312 g/mol. The van der Waals surface area contributed by atoms with Gasteiger partial charge >= 0.3 is 5.97 Å². The lowest BCUT2D eigenvalue weighted by Gasteiger charge is -2.31. The molecule has 0 bridgehead atoms. The van der Waals surface area contributed by atoms with Crippen molar-refractivity contribution in [1.82, 2.24) is 9.21 Å². The molecule has 8 heteroatoms. The summed E-state index contributed by atoms with van der Waals surface area (Å²) < 4.78 is 26.3. The van der Waals surface area contributed by atoms with Crippen molar-refractivity contribution in [2.24, 2.45) is 0 Å². The summed E-state index contributed by atoms with van der Waals surface area (Å²) in [5.74, 6) is -1.47. The number of nitrogens with zero attached hydrogens (tertiary/aromatic N) is 2. The van der Waals surface area contributed by atoms with Crippen LogP contribution in [0.3, 0.4) is 0 Å². The van der Waals surface area contributed by atoms with E-state index in [1.54, 1.807) is 14.0 Å². The van der Waals surface area contributed by atoms with Crippen molar-refractivity contribution in [3.63, 3.8) is 0 Å². The van der Waals surface area contributed by atoms with Gasteiger partial charge in [0.05, 0.1) is 17.0 Å². The second-order valence-electron chi connectivity index (χ2n) is 4.94. The Bertz CT molecular complexity index is 699. The molecule has 1 amide bonds. The number of rotatable bonds is 3. The van der Waals surface area contributed by atoms with Gasteiger partial charge in [0, 0.05) is 20.1 Å². The molecule has 1 saturated heterocycles. The highest BCUT2D eigenvalue weighted by molar-refractivity contribution is 7.89. The summed E-state index contributed by atoms with van der Waals surface area (Å²) in [4.78, 5) is 24.1. The number of hydrogen-bond donors (Lipinski definition) is 1. The lowest BCUT2D eigenvalue weighted by atomic mass is 10.1. The van der Waals surface area contributed by atoms with Crippen molar-refractivity contribution in [3.05, 3.63) is 29.3 Å². The SMILES string of the molecule is Cc1ccc(C(=O)O)cc1S(=O)(=O)N1CCN(C)C(=O)C1. The Kier molecular flexibility index (Phi) is 4.02. The van der Waals surface area contributed by atoms with Gasteiger partial charge in [0.1, 0.15) is 0 Å². The Morgan fingerprint density at radius 1 is 1.29 bits per heavy atom. The lowest BCUT2D eigenvalue weighted by molar-refractivity contribution is -0.132. The molecule has 0 unspecified atom stereocenters. The Balaban J connectivity index is 2.42. The number of aromatic carboxylic acids is 1. The van der Waals surface area contributed by atoms with Crippen LogP contribution in [0.1, 0.15) is 15.9 Å². The first-order valence-corrected chi connectivity index (χ1v) is 7.75. The molecule has 0 radical (unpaired) electrons. The van der Waals surface area contributed by atoms with E-state index in [2.05, 4.69) is 0 Å².